The fraction of sp³-hybridized carbons (Fsp3) is 0.600. The standard InChI is InChI=1S/C15H20FNO3S/c16-14-4-2-1-3-11(14)9-12-10-20-8-7-15(12)21(18,19)17-13-5-6-13/h1-4,12-13,15,17H,5-10H2. The number of benzene rings is 1. The largest absolute Gasteiger partial charge is 0.381 e. The van der Waals surface area contributed by atoms with Gasteiger partial charge in [-0.15, -0.1) is 0 Å². The zero-order valence-electron chi connectivity index (χ0n) is 11.8. The molecule has 1 aromatic rings. The molecule has 0 amide bonds. The first kappa shape index (κ1) is 14.9. The summed E-state index contributed by atoms with van der Waals surface area (Å²) in [6.45, 7) is 0.814. The highest BCUT2D eigenvalue weighted by Crippen LogP contribution is 2.28. The Kier molecular flexibility index (Phi) is 4.28. The first-order valence-corrected chi connectivity index (χ1v) is 8.93. The average Bonchev–Trinajstić information content (AvgIpc) is 3.25. The molecule has 1 aliphatic heterocycles. The van der Waals surface area contributed by atoms with Crippen LogP contribution in [0.4, 0.5) is 4.39 Å². The molecule has 1 aliphatic carbocycles. The molecule has 2 atom stereocenters. The molecule has 3 rings (SSSR count). The van der Waals surface area contributed by atoms with Crippen LogP contribution >= 0.6 is 0 Å². The van der Waals surface area contributed by atoms with E-state index >= 15 is 0 Å². The van der Waals surface area contributed by atoms with Crippen LogP contribution in [0.1, 0.15) is 24.8 Å². The van der Waals surface area contributed by atoms with E-state index in [1.807, 2.05) is 0 Å². The van der Waals surface area contributed by atoms with Gasteiger partial charge in [0.05, 0.1) is 11.9 Å². The molecule has 1 saturated carbocycles. The van der Waals surface area contributed by atoms with E-state index in [9.17, 15) is 12.8 Å². The van der Waals surface area contributed by atoms with Crippen molar-refractivity contribution in [2.75, 3.05) is 13.2 Å². The molecule has 6 heteroatoms. The summed E-state index contributed by atoms with van der Waals surface area (Å²) in [4.78, 5) is 0. The molecule has 0 bridgehead atoms. The van der Waals surface area contributed by atoms with Gasteiger partial charge >= 0.3 is 0 Å². The maximum atomic E-state index is 13.8. The normalized spacial score (nSPS) is 26.7. The van der Waals surface area contributed by atoms with Crippen LogP contribution in [0, 0.1) is 11.7 Å². The quantitative estimate of drug-likeness (QED) is 0.902. The van der Waals surface area contributed by atoms with Gasteiger partial charge in [-0.3, -0.25) is 0 Å². The summed E-state index contributed by atoms with van der Waals surface area (Å²) in [6, 6.07) is 6.63. The predicted octanol–water partition coefficient (Wildman–Crippen LogP) is 1.86. The number of ether oxygens (including phenoxy) is 1. The molecule has 1 N–H and O–H groups in total. The third kappa shape index (κ3) is 3.62. The number of sulfonamides is 1. The summed E-state index contributed by atoms with van der Waals surface area (Å²) in [5, 5.41) is -0.494. The summed E-state index contributed by atoms with van der Waals surface area (Å²) < 4.78 is 46.9. The monoisotopic (exact) mass is 313 g/mol. The van der Waals surface area contributed by atoms with Crippen LogP contribution in [0.3, 0.4) is 0 Å². The number of hydrogen-bond acceptors (Lipinski definition) is 3. The van der Waals surface area contributed by atoms with E-state index < -0.39 is 15.3 Å². The molecule has 1 aromatic carbocycles. The zero-order valence-corrected chi connectivity index (χ0v) is 12.6. The summed E-state index contributed by atoms with van der Waals surface area (Å²) in [5.74, 6) is -0.485. The molecule has 0 radical (unpaired) electrons. The van der Waals surface area contributed by atoms with Gasteiger partial charge in [-0.2, -0.15) is 0 Å². The molecule has 1 heterocycles. The molecule has 2 aliphatic rings. The van der Waals surface area contributed by atoms with Crippen LogP contribution in [0.25, 0.3) is 0 Å². The Labute approximate surface area is 124 Å². The molecular formula is C15H20FNO3S. The van der Waals surface area contributed by atoms with Gasteiger partial charge in [0, 0.05) is 18.6 Å². The zero-order chi connectivity index (χ0) is 14.9. The van der Waals surface area contributed by atoms with Crippen LogP contribution in [0.5, 0.6) is 0 Å². The lowest BCUT2D eigenvalue weighted by atomic mass is 9.93. The van der Waals surface area contributed by atoms with Crippen molar-refractivity contribution in [1.82, 2.24) is 4.72 Å². The van der Waals surface area contributed by atoms with Crippen LogP contribution in [-0.4, -0.2) is 32.9 Å². The van der Waals surface area contributed by atoms with Crippen molar-refractivity contribution in [2.24, 2.45) is 5.92 Å². The van der Waals surface area contributed by atoms with E-state index in [-0.39, 0.29) is 17.8 Å². The van der Waals surface area contributed by atoms with Gasteiger partial charge in [0.1, 0.15) is 5.82 Å². The Hall–Kier alpha value is -0.980. The molecule has 0 spiro atoms. The fourth-order valence-corrected chi connectivity index (χ4v) is 4.81. The smallest absolute Gasteiger partial charge is 0.215 e. The van der Waals surface area contributed by atoms with E-state index in [4.69, 9.17) is 4.74 Å². The average molecular weight is 313 g/mol. The minimum Gasteiger partial charge on any atom is -0.381 e. The minimum atomic E-state index is -3.35. The first-order chi connectivity index (χ1) is 10.1. The summed E-state index contributed by atoms with van der Waals surface area (Å²) in [7, 11) is -3.35. The number of rotatable bonds is 5. The van der Waals surface area contributed by atoms with E-state index in [2.05, 4.69) is 4.72 Å². The Morgan fingerprint density at radius 3 is 2.71 bits per heavy atom. The Morgan fingerprint density at radius 1 is 1.24 bits per heavy atom. The van der Waals surface area contributed by atoms with Crippen molar-refractivity contribution in [1.29, 1.82) is 0 Å². The number of nitrogens with one attached hydrogen (secondary N) is 1. The van der Waals surface area contributed by atoms with Crippen LogP contribution < -0.4 is 4.72 Å². The summed E-state index contributed by atoms with van der Waals surface area (Å²) in [6.07, 6.45) is 2.70. The molecular weight excluding hydrogens is 293 g/mol. The fourth-order valence-electron chi connectivity index (χ4n) is 2.84. The SMILES string of the molecule is O=S(=O)(NC1CC1)C1CCOCC1Cc1ccccc1F. The highest BCUT2D eigenvalue weighted by atomic mass is 32.2. The van der Waals surface area contributed by atoms with Gasteiger partial charge in [-0.25, -0.2) is 17.5 Å². The van der Waals surface area contributed by atoms with Gasteiger partial charge in [0.15, 0.2) is 0 Å². The second kappa shape index (κ2) is 6.02. The third-order valence-electron chi connectivity index (χ3n) is 4.15. The van der Waals surface area contributed by atoms with Gasteiger partial charge < -0.3 is 4.74 Å². The second-order valence-corrected chi connectivity index (χ2v) is 7.83. The van der Waals surface area contributed by atoms with Crippen molar-refractivity contribution in [2.45, 2.75) is 37.0 Å². The van der Waals surface area contributed by atoms with Crippen molar-refractivity contribution < 1.29 is 17.5 Å². The van der Waals surface area contributed by atoms with E-state index in [1.165, 1.54) is 6.07 Å². The lowest BCUT2D eigenvalue weighted by Gasteiger charge is -2.31. The molecule has 0 aromatic heterocycles. The molecule has 116 valence electrons. The molecule has 4 nitrogen and oxygen atoms in total. The highest BCUT2D eigenvalue weighted by molar-refractivity contribution is 7.90. The summed E-state index contributed by atoms with van der Waals surface area (Å²) in [5.41, 5.74) is 0.555. The second-order valence-electron chi connectivity index (χ2n) is 5.89. The third-order valence-corrected chi connectivity index (χ3v) is 6.23. The highest BCUT2D eigenvalue weighted by Gasteiger charge is 2.39. The molecule has 2 fully saturated rings. The van der Waals surface area contributed by atoms with E-state index in [1.54, 1.807) is 18.2 Å². The van der Waals surface area contributed by atoms with Crippen LogP contribution in [0.15, 0.2) is 24.3 Å². The van der Waals surface area contributed by atoms with Gasteiger partial charge in [0.2, 0.25) is 10.0 Å². The Balaban J connectivity index is 1.76. The minimum absolute atomic E-state index is 0.104. The molecule has 2 unspecified atom stereocenters. The van der Waals surface area contributed by atoms with Gasteiger partial charge in [-0.05, 0) is 37.3 Å². The van der Waals surface area contributed by atoms with Crippen LogP contribution in [-0.2, 0) is 21.2 Å². The first-order valence-electron chi connectivity index (χ1n) is 7.38. The summed E-state index contributed by atoms with van der Waals surface area (Å²) >= 11 is 0. The van der Waals surface area contributed by atoms with E-state index in [0.717, 1.165) is 12.8 Å². The van der Waals surface area contributed by atoms with Crippen molar-refractivity contribution in [3.63, 3.8) is 0 Å². The Bertz CT molecular complexity index is 601. The van der Waals surface area contributed by atoms with E-state index in [0.29, 0.717) is 31.6 Å². The predicted molar refractivity (Wildman–Crippen MR) is 77.9 cm³/mol. The van der Waals surface area contributed by atoms with Crippen molar-refractivity contribution in [3.8, 4) is 0 Å². The molecule has 1 saturated heterocycles. The number of halogens is 1. The maximum absolute atomic E-state index is 13.8. The maximum Gasteiger partial charge on any atom is 0.215 e. The lowest BCUT2D eigenvalue weighted by Crippen LogP contribution is -2.45. The van der Waals surface area contributed by atoms with Crippen molar-refractivity contribution >= 4 is 10.0 Å². The topological polar surface area (TPSA) is 55.4 Å². The van der Waals surface area contributed by atoms with Gasteiger partial charge in [-0.1, -0.05) is 18.2 Å². The van der Waals surface area contributed by atoms with Crippen molar-refractivity contribution in [3.05, 3.63) is 35.6 Å². The Morgan fingerprint density at radius 2 is 2.00 bits per heavy atom. The lowest BCUT2D eigenvalue weighted by molar-refractivity contribution is 0.0567. The molecule has 21 heavy (non-hydrogen) atoms. The van der Waals surface area contributed by atoms with Gasteiger partial charge in [0.25, 0.3) is 0 Å². The number of hydrogen-bond donors (Lipinski definition) is 1. The van der Waals surface area contributed by atoms with Crippen LogP contribution in [0.2, 0.25) is 0 Å².